The van der Waals surface area contributed by atoms with E-state index in [1.807, 2.05) is 30.5 Å². The third-order valence-electron chi connectivity index (χ3n) is 8.10. The number of esters is 1. The van der Waals surface area contributed by atoms with Gasteiger partial charge in [0, 0.05) is 28.6 Å². The molecule has 1 saturated carbocycles. The Morgan fingerprint density at radius 2 is 2.02 bits per heavy atom. The zero-order valence-corrected chi connectivity index (χ0v) is 25.0. The van der Waals surface area contributed by atoms with Crippen molar-refractivity contribution in [1.29, 1.82) is 5.53 Å². The molecule has 1 atom stereocenters. The lowest BCUT2D eigenvalue weighted by Crippen LogP contribution is -2.42. The van der Waals surface area contributed by atoms with Crippen LogP contribution in [0.3, 0.4) is 0 Å². The van der Waals surface area contributed by atoms with E-state index in [0.29, 0.717) is 46.8 Å². The summed E-state index contributed by atoms with van der Waals surface area (Å²) in [5, 5.41) is 20.5. The van der Waals surface area contributed by atoms with Crippen molar-refractivity contribution in [3.05, 3.63) is 67.0 Å². The van der Waals surface area contributed by atoms with Crippen LogP contribution in [0.5, 0.6) is 0 Å². The first-order valence-corrected chi connectivity index (χ1v) is 15.6. The van der Waals surface area contributed by atoms with E-state index in [1.165, 1.54) is 22.7 Å². The fraction of sp³-hybridized carbons (Fsp3) is 0.467. The maximum absolute atomic E-state index is 13.4. The number of hydrogen-bond acceptors (Lipinski definition) is 11. The van der Waals surface area contributed by atoms with Gasteiger partial charge in [0.05, 0.1) is 28.7 Å². The number of carbonyl (C=O) groups excluding carboxylic acids is 2. The molecule has 0 spiro atoms. The van der Waals surface area contributed by atoms with E-state index in [0.717, 1.165) is 66.6 Å². The third-order valence-corrected chi connectivity index (χ3v) is 10.2. The predicted octanol–water partition coefficient (Wildman–Crippen LogP) is 6.15. The second-order valence-corrected chi connectivity index (χ2v) is 13.0. The maximum atomic E-state index is 13.4. The zero-order valence-electron chi connectivity index (χ0n) is 23.4. The van der Waals surface area contributed by atoms with Crippen molar-refractivity contribution >= 4 is 46.3 Å². The highest BCUT2D eigenvalue weighted by Crippen LogP contribution is 2.40. The van der Waals surface area contributed by atoms with Crippen LogP contribution in [0.2, 0.25) is 0 Å². The number of rotatable bonds is 12. The van der Waals surface area contributed by atoms with Gasteiger partial charge >= 0.3 is 5.97 Å². The van der Waals surface area contributed by atoms with E-state index < -0.39 is 11.6 Å². The molecule has 5 rings (SSSR count). The molecule has 2 aromatic heterocycles. The van der Waals surface area contributed by atoms with Gasteiger partial charge in [-0.15, -0.1) is 22.7 Å². The number of hydrogen-bond donors (Lipinski definition) is 3. The number of aldehydes is 1. The number of benzene rings is 1. The quantitative estimate of drug-likeness (QED) is 0.0992. The summed E-state index contributed by atoms with van der Waals surface area (Å²) in [4.78, 5) is 29.4. The fourth-order valence-electron chi connectivity index (χ4n) is 5.76. The zero-order chi connectivity index (χ0) is 29.0. The van der Waals surface area contributed by atoms with Crippen LogP contribution in [0.15, 0.2) is 40.8 Å². The van der Waals surface area contributed by atoms with E-state index >= 15 is 0 Å². The molecule has 218 valence electrons. The van der Waals surface area contributed by atoms with Crippen LogP contribution in [0.1, 0.15) is 68.2 Å². The second kappa shape index (κ2) is 12.9. The smallest absolute Gasteiger partial charge is 0.349 e. The summed E-state index contributed by atoms with van der Waals surface area (Å²) in [6, 6.07) is 9.39. The van der Waals surface area contributed by atoms with Crippen molar-refractivity contribution in [3.8, 4) is 0 Å². The van der Waals surface area contributed by atoms with Crippen LogP contribution in [0.4, 0.5) is 11.4 Å². The van der Waals surface area contributed by atoms with Crippen LogP contribution >= 0.6 is 22.7 Å². The van der Waals surface area contributed by atoms with E-state index in [1.54, 1.807) is 12.1 Å². The summed E-state index contributed by atoms with van der Waals surface area (Å²) >= 11 is 2.77. The maximum Gasteiger partial charge on any atom is 0.349 e. The van der Waals surface area contributed by atoms with Gasteiger partial charge in [-0.2, -0.15) is 5.11 Å². The minimum atomic E-state index is -1.78. The van der Waals surface area contributed by atoms with Gasteiger partial charge in [-0.25, -0.2) is 10.3 Å². The topological polar surface area (TPSA) is 124 Å². The Labute approximate surface area is 248 Å². The largest absolute Gasteiger partial charge is 0.460 e. The highest BCUT2D eigenvalue weighted by Gasteiger charge is 2.45. The number of thiophene rings is 2. The Morgan fingerprint density at radius 3 is 2.68 bits per heavy atom. The first-order valence-electron chi connectivity index (χ1n) is 13.9. The van der Waals surface area contributed by atoms with Crippen molar-refractivity contribution in [2.75, 3.05) is 25.5 Å². The molecule has 41 heavy (non-hydrogen) atoms. The molecule has 11 heteroatoms. The number of aryl methyl sites for hydroxylation is 1. The lowest BCUT2D eigenvalue weighted by Gasteiger charge is -2.35. The van der Waals surface area contributed by atoms with Crippen LogP contribution in [-0.4, -0.2) is 54.5 Å². The molecule has 3 heterocycles. The molecule has 1 aromatic carbocycles. The predicted molar refractivity (Wildman–Crippen MR) is 159 cm³/mol. The van der Waals surface area contributed by atoms with Gasteiger partial charge in [-0.1, -0.05) is 6.07 Å². The van der Waals surface area contributed by atoms with Gasteiger partial charge in [0.15, 0.2) is 6.29 Å². The number of carbonyl (C=O) groups is 2. The van der Waals surface area contributed by atoms with Crippen molar-refractivity contribution in [1.82, 2.24) is 4.90 Å². The van der Waals surface area contributed by atoms with Gasteiger partial charge in [0.25, 0.3) is 0 Å². The number of ether oxygens (including phenoxy) is 2. The first kappa shape index (κ1) is 29.5. The fourth-order valence-corrected chi connectivity index (χ4v) is 7.61. The summed E-state index contributed by atoms with van der Waals surface area (Å²) in [5.41, 5.74) is 9.34. The SMILES string of the molecule is Cc1ccc([C@@](O)(C(=O)OC2CCC(N(C)CCCNc3c(N=N)cc(C=O)c4c3COC4)CC2)c2cccs2)s1. The first-order chi connectivity index (χ1) is 19.8. The minimum absolute atomic E-state index is 0.216. The summed E-state index contributed by atoms with van der Waals surface area (Å²) in [5.74, 6) is -0.596. The summed E-state index contributed by atoms with van der Waals surface area (Å²) in [6.07, 6.45) is 4.81. The molecule has 0 bridgehead atoms. The Kier molecular flexibility index (Phi) is 9.30. The second-order valence-electron chi connectivity index (χ2n) is 10.7. The Hall–Kier alpha value is -2.96. The molecule has 1 fully saturated rings. The standard InChI is InChI=1S/C30H36N4O5S2/c1-19-6-11-27(41-19)30(37,26-5-3-14-40-26)29(36)39-22-9-7-21(8-10-22)34(2)13-4-12-32-28-24-18-38-17-23(24)20(16-35)15-25(28)33-31/h3,5-6,11,14-16,21-22,31-32,37H,4,7-10,12-13,17-18H2,1-2H3/t21?,22?,30-/m1/s1. The molecule has 0 radical (unpaired) electrons. The molecule has 0 unspecified atom stereocenters. The average Bonchev–Trinajstić information content (AvgIpc) is 3.77. The van der Waals surface area contributed by atoms with Crippen molar-refractivity contribution in [2.45, 2.75) is 70.0 Å². The van der Waals surface area contributed by atoms with Crippen LogP contribution in [-0.2, 0) is 33.1 Å². The summed E-state index contributed by atoms with van der Waals surface area (Å²) in [7, 11) is 2.13. The molecular formula is C30H36N4O5S2. The van der Waals surface area contributed by atoms with Gasteiger partial charge in [0.2, 0.25) is 5.60 Å². The Morgan fingerprint density at radius 1 is 1.24 bits per heavy atom. The van der Waals surface area contributed by atoms with Gasteiger partial charge in [-0.05, 0) is 87.8 Å². The minimum Gasteiger partial charge on any atom is -0.460 e. The van der Waals surface area contributed by atoms with E-state index in [9.17, 15) is 14.7 Å². The van der Waals surface area contributed by atoms with E-state index in [2.05, 4.69) is 22.4 Å². The van der Waals surface area contributed by atoms with Crippen molar-refractivity contribution < 1.29 is 24.2 Å². The molecule has 3 aromatic rings. The van der Waals surface area contributed by atoms with E-state index in [-0.39, 0.29) is 6.10 Å². The number of nitrogens with zero attached hydrogens (tertiary/aromatic N) is 2. The highest BCUT2D eigenvalue weighted by molar-refractivity contribution is 7.13. The third kappa shape index (κ3) is 6.14. The van der Waals surface area contributed by atoms with E-state index in [4.69, 9.17) is 15.0 Å². The lowest BCUT2D eigenvalue weighted by molar-refractivity contribution is -0.169. The highest BCUT2D eigenvalue weighted by atomic mass is 32.1. The molecule has 2 aliphatic rings. The lowest BCUT2D eigenvalue weighted by atomic mass is 9.91. The average molecular weight is 597 g/mol. The molecule has 1 aliphatic heterocycles. The molecule has 0 saturated heterocycles. The van der Waals surface area contributed by atoms with Gasteiger partial charge in [0.1, 0.15) is 11.8 Å². The monoisotopic (exact) mass is 596 g/mol. The number of anilines is 1. The molecular weight excluding hydrogens is 560 g/mol. The summed E-state index contributed by atoms with van der Waals surface area (Å²) < 4.78 is 11.5. The normalized spacial score (nSPS) is 19.9. The van der Waals surface area contributed by atoms with Crippen LogP contribution in [0.25, 0.3) is 0 Å². The van der Waals surface area contributed by atoms with Crippen molar-refractivity contribution in [2.24, 2.45) is 5.11 Å². The van der Waals surface area contributed by atoms with Crippen LogP contribution < -0.4 is 5.32 Å². The molecule has 0 amide bonds. The number of fused-ring (bicyclic) bond motifs is 1. The Balaban J connectivity index is 1.11. The molecule has 1 aliphatic carbocycles. The Bertz CT molecular complexity index is 1380. The number of nitrogens with one attached hydrogen (secondary N) is 2. The number of aliphatic hydroxyl groups is 1. The molecule has 3 N–H and O–H groups in total. The molecule has 9 nitrogen and oxygen atoms in total. The van der Waals surface area contributed by atoms with Gasteiger partial charge in [-0.3, -0.25) is 4.79 Å². The summed E-state index contributed by atoms with van der Waals surface area (Å²) in [6.45, 7) is 4.36. The van der Waals surface area contributed by atoms with Gasteiger partial charge < -0.3 is 24.8 Å². The van der Waals surface area contributed by atoms with Crippen LogP contribution in [0, 0.1) is 12.5 Å². The van der Waals surface area contributed by atoms with Crippen molar-refractivity contribution in [3.63, 3.8) is 0 Å².